The Bertz CT molecular complexity index is 1010. The third-order valence-electron chi connectivity index (χ3n) is 3.61. The maximum absolute atomic E-state index is 12.1. The van der Waals surface area contributed by atoms with Gasteiger partial charge in [-0.3, -0.25) is 9.59 Å². The summed E-state index contributed by atoms with van der Waals surface area (Å²) >= 11 is 0. The van der Waals surface area contributed by atoms with Gasteiger partial charge < -0.3 is 10.6 Å². The molecule has 1 heterocycles. The Morgan fingerprint density at radius 2 is 1.59 bits per heavy atom. The summed E-state index contributed by atoms with van der Waals surface area (Å²) in [5.74, 6) is -0.588. The minimum absolute atomic E-state index is 0.177. The van der Waals surface area contributed by atoms with Crippen LogP contribution in [0, 0.1) is 0 Å². The summed E-state index contributed by atoms with van der Waals surface area (Å²) in [5, 5.41) is 9.32. The average Bonchev–Trinajstić information content (AvgIpc) is 2.65. The summed E-state index contributed by atoms with van der Waals surface area (Å²) in [6.07, 6.45) is 1.45. The molecule has 3 aromatic rings. The molecule has 2 amide bonds. The molecule has 2 aromatic carbocycles. The number of amides is 2. The normalized spacial score (nSPS) is 10.3. The Morgan fingerprint density at radius 1 is 0.963 bits per heavy atom. The molecule has 8 nitrogen and oxygen atoms in total. The van der Waals surface area contributed by atoms with Gasteiger partial charge in [-0.25, -0.2) is 9.48 Å². The molecule has 2 N–H and O–H groups in total. The predicted octanol–water partition coefficient (Wildman–Crippen LogP) is 1.90. The minimum atomic E-state index is -0.604. The van der Waals surface area contributed by atoms with Gasteiger partial charge in [0.25, 0.3) is 0 Å². The fourth-order valence-corrected chi connectivity index (χ4v) is 2.40. The smallest absolute Gasteiger partial charge is 0.326 e. The second-order valence-corrected chi connectivity index (χ2v) is 5.75. The highest BCUT2D eigenvalue weighted by Gasteiger charge is 2.09. The molecule has 0 aliphatic rings. The van der Waals surface area contributed by atoms with Crippen LogP contribution < -0.4 is 16.3 Å². The second kappa shape index (κ2) is 8.05. The molecule has 136 valence electrons. The molecule has 27 heavy (non-hydrogen) atoms. The first kappa shape index (κ1) is 18.0. The van der Waals surface area contributed by atoms with E-state index in [0.29, 0.717) is 17.1 Å². The van der Waals surface area contributed by atoms with Gasteiger partial charge in [0.2, 0.25) is 11.8 Å². The van der Waals surface area contributed by atoms with E-state index in [9.17, 15) is 14.4 Å². The third kappa shape index (κ3) is 4.85. The molecular weight excluding hydrogens is 346 g/mol. The molecule has 0 radical (unpaired) electrons. The molecular formula is C19H17N5O3. The summed E-state index contributed by atoms with van der Waals surface area (Å²) in [7, 11) is 0. The van der Waals surface area contributed by atoms with Crippen molar-refractivity contribution in [3.63, 3.8) is 0 Å². The maximum Gasteiger partial charge on any atom is 0.365 e. The molecule has 0 fully saturated rings. The Labute approximate surface area is 154 Å². The van der Waals surface area contributed by atoms with Crippen molar-refractivity contribution in [2.75, 3.05) is 10.6 Å². The Morgan fingerprint density at radius 3 is 2.19 bits per heavy atom. The van der Waals surface area contributed by atoms with E-state index in [1.165, 1.54) is 13.1 Å². The van der Waals surface area contributed by atoms with Crippen molar-refractivity contribution in [1.29, 1.82) is 0 Å². The maximum atomic E-state index is 12.1. The predicted molar refractivity (Wildman–Crippen MR) is 101 cm³/mol. The molecule has 0 spiro atoms. The molecule has 0 aliphatic heterocycles. The van der Waals surface area contributed by atoms with Crippen LogP contribution in [0.3, 0.4) is 0 Å². The summed E-state index contributed by atoms with van der Waals surface area (Å²) in [6, 6.07) is 15.8. The number of nitrogens with one attached hydrogen (secondary N) is 2. The highest BCUT2D eigenvalue weighted by molar-refractivity contribution is 5.92. The van der Waals surface area contributed by atoms with Gasteiger partial charge in [0.15, 0.2) is 0 Å². The molecule has 0 saturated carbocycles. The summed E-state index contributed by atoms with van der Waals surface area (Å²) in [5.41, 5.74) is 1.78. The lowest BCUT2D eigenvalue weighted by Gasteiger charge is -2.08. The first-order chi connectivity index (χ1) is 13.0. The van der Waals surface area contributed by atoms with Gasteiger partial charge in [-0.2, -0.15) is 10.1 Å². The van der Waals surface area contributed by atoms with Crippen LogP contribution in [0.4, 0.5) is 11.4 Å². The van der Waals surface area contributed by atoms with Crippen molar-refractivity contribution in [2.45, 2.75) is 13.5 Å². The number of aromatic nitrogens is 3. The number of hydrogen-bond donors (Lipinski definition) is 2. The van der Waals surface area contributed by atoms with Crippen LogP contribution in [0.25, 0.3) is 11.3 Å². The zero-order valence-electron chi connectivity index (χ0n) is 14.5. The van der Waals surface area contributed by atoms with Crippen molar-refractivity contribution in [1.82, 2.24) is 14.8 Å². The van der Waals surface area contributed by atoms with Crippen molar-refractivity contribution in [3.05, 3.63) is 71.3 Å². The molecule has 0 atom stereocenters. The number of rotatable bonds is 5. The SMILES string of the molecule is CC(=O)Nc1ccc(NC(=O)Cn2ncc(-c3ccccc3)nc2=O)cc1. The van der Waals surface area contributed by atoms with Crippen LogP contribution in [-0.2, 0) is 16.1 Å². The molecule has 0 unspecified atom stereocenters. The molecule has 3 rings (SSSR count). The lowest BCUT2D eigenvalue weighted by atomic mass is 10.2. The van der Waals surface area contributed by atoms with E-state index in [2.05, 4.69) is 20.7 Å². The Hall–Kier alpha value is -3.81. The van der Waals surface area contributed by atoms with Crippen molar-refractivity contribution >= 4 is 23.2 Å². The number of benzene rings is 2. The first-order valence-corrected chi connectivity index (χ1v) is 8.18. The van der Waals surface area contributed by atoms with Crippen LogP contribution in [0.2, 0.25) is 0 Å². The first-order valence-electron chi connectivity index (χ1n) is 8.18. The quantitative estimate of drug-likeness (QED) is 0.720. The Balaban J connectivity index is 1.65. The number of anilines is 2. The van der Waals surface area contributed by atoms with Crippen LogP contribution >= 0.6 is 0 Å². The van der Waals surface area contributed by atoms with Crippen molar-refractivity contribution < 1.29 is 9.59 Å². The fraction of sp³-hybridized carbons (Fsp3) is 0.105. The average molecular weight is 363 g/mol. The van der Waals surface area contributed by atoms with Crippen molar-refractivity contribution in [2.24, 2.45) is 0 Å². The van der Waals surface area contributed by atoms with E-state index >= 15 is 0 Å². The highest BCUT2D eigenvalue weighted by Crippen LogP contribution is 2.14. The number of hydrogen-bond acceptors (Lipinski definition) is 5. The van der Waals surface area contributed by atoms with Crippen LogP contribution in [0.5, 0.6) is 0 Å². The Kier molecular flexibility index (Phi) is 5.36. The van der Waals surface area contributed by atoms with E-state index in [0.717, 1.165) is 10.2 Å². The number of carbonyl (C=O) groups is 2. The van der Waals surface area contributed by atoms with E-state index in [-0.39, 0.29) is 12.5 Å². The van der Waals surface area contributed by atoms with E-state index < -0.39 is 11.6 Å². The molecule has 0 bridgehead atoms. The number of carbonyl (C=O) groups excluding carboxylic acids is 2. The second-order valence-electron chi connectivity index (χ2n) is 5.75. The van der Waals surface area contributed by atoms with Crippen LogP contribution in [0.1, 0.15) is 6.92 Å². The molecule has 0 saturated heterocycles. The standard InChI is InChI=1S/C19H17N5O3/c1-13(25)21-15-7-9-16(10-8-15)22-18(26)12-24-19(27)23-17(11-20-24)14-5-3-2-4-6-14/h2-11H,12H2,1H3,(H,21,25)(H,22,26). The van der Waals surface area contributed by atoms with E-state index in [1.807, 2.05) is 30.3 Å². The van der Waals surface area contributed by atoms with Gasteiger partial charge in [-0.05, 0) is 24.3 Å². The molecule has 0 aliphatic carbocycles. The lowest BCUT2D eigenvalue weighted by molar-refractivity contribution is -0.117. The lowest BCUT2D eigenvalue weighted by Crippen LogP contribution is -2.31. The molecule has 1 aromatic heterocycles. The van der Waals surface area contributed by atoms with Gasteiger partial charge in [-0.15, -0.1) is 0 Å². The van der Waals surface area contributed by atoms with Gasteiger partial charge in [0.05, 0.1) is 11.9 Å². The van der Waals surface area contributed by atoms with Gasteiger partial charge >= 0.3 is 5.69 Å². The zero-order valence-corrected chi connectivity index (χ0v) is 14.5. The zero-order chi connectivity index (χ0) is 19.2. The summed E-state index contributed by atoms with van der Waals surface area (Å²) in [4.78, 5) is 39.2. The van der Waals surface area contributed by atoms with E-state index in [4.69, 9.17) is 0 Å². The minimum Gasteiger partial charge on any atom is -0.326 e. The van der Waals surface area contributed by atoms with Crippen LogP contribution in [0.15, 0.2) is 65.6 Å². The van der Waals surface area contributed by atoms with Crippen molar-refractivity contribution in [3.8, 4) is 11.3 Å². The van der Waals surface area contributed by atoms with Gasteiger partial charge in [0, 0.05) is 23.9 Å². The van der Waals surface area contributed by atoms with Crippen LogP contribution in [-0.4, -0.2) is 26.6 Å². The molecule has 8 heteroatoms. The van der Waals surface area contributed by atoms with Gasteiger partial charge in [0.1, 0.15) is 6.54 Å². The van der Waals surface area contributed by atoms with Gasteiger partial charge in [-0.1, -0.05) is 30.3 Å². The largest absolute Gasteiger partial charge is 0.365 e. The summed E-state index contributed by atoms with van der Waals surface area (Å²) < 4.78 is 0.994. The number of nitrogens with zero attached hydrogens (tertiary/aromatic N) is 3. The van der Waals surface area contributed by atoms with E-state index in [1.54, 1.807) is 24.3 Å². The topological polar surface area (TPSA) is 106 Å². The fourth-order valence-electron chi connectivity index (χ4n) is 2.40. The summed E-state index contributed by atoms with van der Waals surface area (Å²) in [6.45, 7) is 1.16. The monoisotopic (exact) mass is 363 g/mol. The third-order valence-corrected chi connectivity index (χ3v) is 3.61. The highest BCUT2D eigenvalue weighted by atomic mass is 16.2.